The largest absolute Gasteiger partial charge is 0.323 e. The van der Waals surface area contributed by atoms with Crippen molar-refractivity contribution in [2.45, 2.75) is 0 Å². The zero-order valence-electron chi connectivity index (χ0n) is 6.29. The van der Waals surface area contributed by atoms with Gasteiger partial charge in [-0.25, -0.2) is 0 Å². The van der Waals surface area contributed by atoms with Crippen LogP contribution in [0.3, 0.4) is 0 Å². The number of nitrogens with one attached hydrogen (secondary N) is 1. The molecule has 1 rings (SSSR count). The minimum absolute atomic E-state index is 0.475. The minimum atomic E-state index is 0.475. The van der Waals surface area contributed by atoms with Crippen LogP contribution in [0.25, 0.3) is 0 Å². The van der Waals surface area contributed by atoms with Crippen LogP contribution in [0.1, 0.15) is 5.56 Å². The summed E-state index contributed by atoms with van der Waals surface area (Å²) < 4.78 is 0.993. The minimum Gasteiger partial charge on any atom is -0.323 e. The smallest absolute Gasteiger partial charge is 0.107 e. The lowest BCUT2D eigenvalue weighted by Crippen LogP contribution is -2.04. The average Bonchev–Trinajstić information content (AvgIpc) is 2.10. The highest BCUT2D eigenvalue weighted by Gasteiger charge is 1.97. The Labute approximate surface area is 78.9 Å². The number of nitrogens with zero attached hydrogens (tertiary/aromatic N) is 1. The van der Waals surface area contributed by atoms with E-state index in [9.17, 15) is 0 Å². The fourth-order valence-electron chi connectivity index (χ4n) is 0.816. The maximum atomic E-state index is 7.00. The van der Waals surface area contributed by atoms with E-state index < -0.39 is 0 Å². The van der Waals surface area contributed by atoms with Gasteiger partial charge in [0.2, 0.25) is 0 Å². The van der Waals surface area contributed by atoms with E-state index in [2.05, 4.69) is 21.0 Å². The van der Waals surface area contributed by atoms with Crippen LogP contribution in [-0.4, -0.2) is 11.9 Å². The summed E-state index contributed by atoms with van der Waals surface area (Å²) in [5.74, 6) is 5.08. The third-order valence-electron chi connectivity index (χ3n) is 1.42. The van der Waals surface area contributed by atoms with Gasteiger partial charge in [0.15, 0.2) is 0 Å². The summed E-state index contributed by atoms with van der Waals surface area (Å²) in [6.07, 6.45) is 1.13. The molecule has 0 fully saturated rings. The maximum absolute atomic E-state index is 7.00. The molecule has 0 aliphatic carbocycles. The van der Waals surface area contributed by atoms with Gasteiger partial charge < -0.3 is 11.3 Å². The van der Waals surface area contributed by atoms with E-state index in [1.54, 1.807) is 0 Å². The van der Waals surface area contributed by atoms with Gasteiger partial charge in [0, 0.05) is 16.3 Å². The van der Waals surface area contributed by atoms with Gasteiger partial charge in [-0.2, -0.15) is 5.10 Å². The van der Waals surface area contributed by atoms with Crippen molar-refractivity contribution >= 4 is 27.9 Å². The monoisotopic (exact) mass is 225 g/mol. The molecule has 0 radical (unpaired) electrons. The summed E-state index contributed by atoms with van der Waals surface area (Å²) in [6, 6.07) is 7.45. The molecular weight excluding hydrogens is 218 g/mol. The van der Waals surface area contributed by atoms with Crippen LogP contribution >= 0.6 is 15.9 Å². The quantitative estimate of drug-likeness (QED) is 0.450. The first-order valence-corrected chi connectivity index (χ1v) is 4.11. The van der Waals surface area contributed by atoms with Crippen molar-refractivity contribution in [1.29, 1.82) is 5.41 Å². The molecule has 1 aromatic rings. The van der Waals surface area contributed by atoms with Crippen molar-refractivity contribution in [3.8, 4) is 0 Å². The van der Waals surface area contributed by atoms with Gasteiger partial charge in [0.25, 0.3) is 0 Å². The van der Waals surface area contributed by atoms with Crippen LogP contribution in [-0.2, 0) is 0 Å². The van der Waals surface area contributed by atoms with Crippen LogP contribution in [0.4, 0.5) is 0 Å². The molecule has 0 heterocycles. The molecule has 0 saturated carbocycles. The highest BCUT2D eigenvalue weighted by molar-refractivity contribution is 9.10. The summed E-state index contributed by atoms with van der Waals surface area (Å²) in [5, 5.41) is 10.5. The number of benzene rings is 1. The van der Waals surface area contributed by atoms with Gasteiger partial charge >= 0.3 is 0 Å². The third kappa shape index (κ3) is 1.92. The van der Waals surface area contributed by atoms with Crippen LogP contribution in [0.2, 0.25) is 0 Å². The highest BCUT2D eigenvalue weighted by atomic mass is 79.9. The summed E-state index contributed by atoms with van der Waals surface area (Å²) in [6.45, 7) is 0. The van der Waals surface area contributed by atoms with Gasteiger partial charge in [-0.15, -0.1) is 0 Å². The zero-order valence-corrected chi connectivity index (χ0v) is 7.88. The molecule has 12 heavy (non-hydrogen) atoms. The lowest BCUT2D eigenvalue weighted by Gasteiger charge is -1.97. The molecule has 4 heteroatoms. The Bertz CT molecular complexity index is 303. The van der Waals surface area contributed by atoms with Crippen molar-refractivity contribution in [2.24, 2.45) is 10.9 Å². The van der Waals surface area contributed by atoms with Gasteiger partial charge in [-0.3, -0.25) is 0 Å². The first-order valence-electron chi connectivity index (χ1n) is 3.32. The lowest BCUT2D eigenvalue weighted by molar-refractivity contribution is 1.25. The van der Waals surface area contributed by atoms with Crippen LogP contribution in [0.15, 0.2) is 33.8 Å². The van der Waals surface area contributed by atoms with E-state index in [1.165, 1.54) is 0 Å². The van der Waals surface area contributed by atoms with Crippen molar-refractivity contribution in [3.63, 3.8) is 0 Å². The fraction of sp³-hybridized carbons (Fsp3) is 0. The average molecular weight is 226 g/mol. The Kier molecular flexibility index (Phi) is 2.99. The Balaban J connectivity index is 3.04. The summed E-state index contributed by atoms with van der Waals surface area (Å²) in [5.41, 5.74) is 1.32. The van der Waals surface area contributed by atoms with E-state index in [0.29, 0.717) is 5.71 Å². The van der Waals surface area contributed by atoms with Gasteiger partial charge in [0.1, 0.15) is 5.71 Å². The van der Waals surface area contributed by atoms with E-state index in [4.69, 9.17) is 11.3 Å². The predicted octanol–water partition coefficient (Wildman–Crippen LogP) is 1.76. The van der Waals surface area contributed by atoms with Crippen molar-refractivity contribution in [3.05, 3.63) is 34.3 Å². The second kappa shape index (κ2) is 4.01. The van der Waals surface area contributed by atoms with Crippen molar-refractivity contribution in [2.75, 3.05) is 0 Å². The van der Waals surface area contributed by atoms with Gasteiger partial charge in [-0.05, 0) is 12.1 Å². The number of hydrogen-bond acceptors (Lipinski definition) is 3. The molecule has 0 spiro atoms. The fourth-order valence-corrected chi connectivity index (χ4v) is 1.08. The molecule has 3 nitrogen and oxygen atoms in total. The van der Waals surface area contributed by atoms with E-state index >= 15 is 0 Å². The second-order valence-corrected chi connectivity index (χ2v) is 3.08. The van der Waals surface area contributed by atoms with E-state index in [0.717, 1.165) is 16.3 Å². The van der Waals surface area contributed by atoms with Crippen molar-refractivity contribution < 1.29 is 0 Å². The normalized spacial score (nSPS) is 11.2. The summed E-state index contributed by atoms with van der Waals surface area (Å²) in [4.78, 5) is 0. The van der Waals surface area contributed by atoms with Crippen LogP contribution in [0.5, 0.6) is 0 Å². The van der Waals surface area contributed by atoms with Gasteiger partial charge in [0.05, 0.1) is 0 Å². The Morgan fingerprint density at radius 3 is 2.42 bits per heavy atom. The lowest BCUT2D eigenvalue weighted by atomic mass is 10.1. The summed E-state index contributed by atoms with van der Waals surface area (Å²) >= 11 is 3.31. The second-order valence-electron chi connectivity index (χ2n) is 2.17. The molecule has 0 saturated heterocycles. The molecule has 0 unspecified atom stereocenters. The zero-order chi connectivity index (χ0) is 8.97. The molecular formula is C8H8BrN3. The standard InChI is InChI=1S/C8H8BrN3/c9-7-3-1-6(2-4-7)8(5-10)12-11/h1-5,10H,11H2/b10-5?,12-8+. The maximum Gasteiger partial charge on any atom is 0.107 e. The molecule has 0 bridgehead atoms. The van der Waals surface area contributed by atoms with Crippen LogP contribution < -0.4 is 5.84 Å². The first-order chi connectivity index (χ1) is 5.77. The highest BCUT2D eigenvalue weighted by Crippen LogP contribution is 2.10. The van der Waals surface area contributed by atoms with Crippen LogP contribution in [0, 0.1) is 5.41 Å². The Morgan fingerprint density at radius 2 is 2.00 bits per heavy atom. The Morgan fingerprint density at radius 1 is 1.42 bits per heavy atom. The SMILES string of the molecule is N=C/C(=N\N)c1ccc(Br)cc1. The summed E-state index contributed by atoms with van der Waals surface area (Å²) in [7, 11) is 0. The molecule has 0 aliphatic rings. The third-order valence-corrected chi connectivity index (χ3v) is 1.94. The van der Waals surface area contributed by atoms with E-state index in [1.807, 2.05) is 24.3 Å². The molecule has 1 aromatic carbocycles. The molecule has 0 amide bonds. The Hall–Kier alpha value is -1.16. The molecule has 62 valence electrons. The number of nitrogens with two attached hydrogens (primary N) is 1. The van der Waals surface area contributed by atoms with Crippen molar-refractivity contribution in [1.82, 2.24) is 0 Å². The number of hydrazone groups is 1. The topological polar surface area (TPSA) is 62.2 Å². The molecule has 0 atom stereocenters. The molecule has 3 N–H and O–H groups in total. The number of hydrogen-bond donors (Lipinski definition) is 2. The number of rotatable bonds is 2. The predicted molar refractivity (Wildman–Crippen MR) is 53.7 cm³/mol. The molecule has 0 aromatic heterocycles. The van der Waals surface area contributed by atoms with Gasteiger partial charge in [-0.1, -0.05) is 28.1 Å². The van der Waals surface area contributed by atoms with E-state index in [-0.39, 0.29) is 0 Å². The molecule has 0 aliphatic heterocycles. The first kappa shape index (κ1) is 8.93. The number of halogens is 1.